The summed E-state index contributed by atoms with van der Waals surface area (Å²) >= 11 is 5.86. The van der Waals surface area contributed by atoms with Gasteiger partial charge < -0.3 is 9.47 Å². The van der Waals surface area contributed by atoms with Crippen LogP contribution in [0.1, 0.15) is 23.4 Å². The summed E-state index contributed by atoms with van der Waals surface area (Å²) in [6.45, 7) is 1.44. The van der Waals surface area contributed by atoms with Gasteiger partial charge >= 0.3 is 0 Å². The highest BCUT2D eigenvalue weighted by molar-refractivity contribution is 6.30. The van der Waals surface area contributed by atoms with Gasteiger partial charge in [-0.15, -0.1) is 0 Å². The lowest BCUT2D eigenvalue weighted by Crippen LogP contribution is -2.36. The number of amides is 1. The van der Waals surface area contributed by atoms with Crippen LogP contribution in [-0.4, -0.2) is 26.9 Å². The van der Waals surface area contributed by atoms with E-state index in [1.54, 1.807) is 0 Å². The van der Waals surface area contributed by atoms with Crippen LogP contribution in [0.15, 0.2) is 30.6 Å². The number of hydrogen-bond acceptors (Lipinski definition) is 2. The normalized spacial score (nSPS) is 14.1. The molecule has 0 radical (unpaired) electrons. The molecule has 21 heavy (non-hydrogen) atoms. The fourth-order valence-corrected chi connectivity index (χ4v) is 2.82. The highest BCUT2D eigenvalue weighted by Gasteiger charge is 2.23. The summed E-state index contributed by atoms with van der Waals surface area (Å²) in [5, 5.41) is 0.727. The molecule has 0 N–H and O–H groups in total. The van der Waals surface area contributed by atoms with E-state index >= 15 is 0 Å². The van der Waals surface area contributed by atoms with Crippen molar-refractivity contribution in [2.45, 2.75) is 25.8 Å². The Morgan fingerprint density at radius 2 is 2.10 bits per heavy atom. The number of halogens is 1. The minimum Gasteiger partial charge on any atom is -0.336 e. The van der Waals surface area contributed by atoms with Gasteiger partial charge in [0.1, 0.15) is 0 Å². The number of carbonyl (C=O) groups excluding carboxylic acids is 1. The molecule has 0 aliphatic carbocycles. The van der Waals surface area contributed by atoms with E-state index in [1.807, 2.05) is 47.1 Å². The summed E-state index contributed by atoms with van der Waals surface area (Å²) in [4.78, 5) is 18.6. The maximum absolute atomic E-state index is 12.4. The predicted octanol–water partition coefficient (Wildman–Crippen LogP) is 2.59. The Hall–Kier alpha value is -1.81. The largest absolute Gasteiger partial charge is 0.336 e. The molecule has 1 aliphatic rings. The summed E-state index contributed by atoms with van der Waals surface area (Å²) in [6.07, 6.45) is 3.97. The predicted molar refractivity (Wildman–Crippen MR) is 82.1 cm³/mol. The fourth-order valence-electron chi connectivity index (χ4n) is 2.69. The van der Waals surface area contributed by atoms with E-state index in [0.29, 0.717) is 13.0 Å². The first-order valence-electron chi connectivity index (χ1n) is 7.15. The minimum atomic E-state index is 0.205. The summed E-state index contributed by atoms with van der Waals surface area (Å²) in [5.74, 6) is 0.205. The van der Waals surface area contributed by atoms with Crippen LogP contribution in [-0.2, 0) is 31.2 Å². The molecule has 4 nitrogen and oxygen atoms in total. The van der Waals surface area contributed by atoms with Gasteiger partial charge in [0.05, 0.1) is 24.3 Å². The van der Waals surface area contributed by atoms with Crippen molar-refractivity contribution >= 4 is 17.5 Å². The minimum absolute atomic E-state index is 0.205. The third-order valence-corrected chi connectivity index (χ3v) is 4.25. The monoisotopic (exact) mass is 303 g/mol. The van der Waals surface area contributed by atoms with E-state index in [1.165, 1.54) is 0 Å². The Balaban J connectivity index is 1.59. The van der Waals surface area contributed by atoms with Gasteiger partial charge in [0.25, 0.3) is 0 Å². The number of aryl methyl sites for hydroxylation is 2. The van der Waals surface area contributed by atoms with E-state index in [2.05, 4.69) is 4.98 Å². The van der Waals surface area contributed by atoms with Crippen molar-refractivity contribution in [2.75, 3.05) is 6.54 Å². The molecule has 5 heteroatoms. The lowest BCUT2D eigenvalue weighted by molar-refractivity contribution is -0.132. The lowest BCUT2D eigenvalue weighted by Gasteiger charge is -2.27. The van der Waals surface area contributed by atoms with Gasteiger partial charge in [-0.2, -0.15) is 0 Å². The molecule has 110 valence electrons. The first-order chi connectivity index (χ1) is 10.1. The van der Waals surface area contributed by atoms with Crippen LogP contribution in [0.3, 0.4) is 0 Å². The number of imidazole rings is 1. The molecule has 1 aliphatic heterocycles. The van der Waals surface area contributed by atoms with Crippen LogP contribution >= 0.6 is 11.6 Å². The molecule has 0 atom stereocenters. The van der Waals surface area contributed by atoms with Crippen molar-refractivity contribution in [3.05, 3.63) is 52.6 Å². The average molecular weight is 304 g/mol. The van der Waals surface area contributed by atoms with Crippen molar-refractivity contribution < 1.29 is 4.79 Å². The third-order valence-electron chi connectivity index (χ3n) is 4.00. The molecule has 1 aromatic heterocycles. The maximum Gasteiger partial charge on any atom is 0.223 e. The fraction of sp³-hybridized carbons (Fsp3) is 0.375. The highest BCUT2D eigenvalue weighted by atomic mass is 35.5. The number of nitrogens with zero attached hydrogens (tertiary/aromatic N) is 3. The maximum atomic E-state index is 12.4. The van der Waals surface area contributed by atoms with Crippen molar-refractivity contribution in [3.63, 3.8) is 0 Å². The zero-order valence-corrected chi connectivity index (χ0v) is 12.8. The van der Waals surface area contributed by atoms with Crippen LogP contribution in [0, 0.1) is 0 Å². The smallest absolute Gasteiger partial charge is 0.223 e. The molecule has 1 amide bonds. The van der Waals surface area contributed by atoms with Gasteiger partial charge in [-0.3, -0.25) is 4.79 Å². The Labute approximate surface area is 129 Å². The Morgan fingerprint density at radius 3 is 2.86 bits per heavy atom. The molecule has 0 spiro atoms. The topological polar surface area (TPSA) is 38.1 Å². The summed E-state index contributed by atoms with van der Waals surface area (Å²) in [7, 11) is 1.98. The molecule has 2 aromatic rings. The molecular formula is C16H18ClN3O. The van der Waals surface area contributed by atoms with E-state index in [-0.39, 0.29) is 5.91 Å². The molecule has 2 heterocycles. The molecule has 0 unspecified atom stereocenters. The van der Waals surface area contributed by atoms with E-state index in [9.17, 15) is 4.79 Å². The molecule has 1 aromatic carbocycles. The quantitative estimate of drug-likeness (QED) is 0.874. The van der Waals surface area contributed by atoms with E-state index in [0.717, 1.165) is 41.4 Å². The SMILES string of the molecule is Cn1cnc2c1CN(C(=O)CCc1ccc(Cl)cc1)CC2. The van der Waals surface area contributed by atoms with Crippen molar-refractivity contribution in [1.29, 1.82) is 0 Å². The van der Waals surface area contributed by atoms with Gasteiger partial charge in [0.2, 0.25) is 5.91 Å². The van der Waals surface area contributed by atoms with Crippen LogP contribution in [0.2, 0.25) is 5.02 Å². The lowest BCUT2D eigenvalue weighted by atomic mass is 10.1. The van der Waals surface area contributed by atoms with Crippen molar-refractivity contribution in [2.24, 2.45) is 7.05 Å². The highest BCUT2D eigenvalue weighted by Crippen LogP contribution is 2.18. The number of rotatable bonds is 3. The Kier molecular flexibility index (Phi) is 3.97. The molecular weight excluding hydrogens is 286 g/mol. The van der Waals surface area contributed by atoms with Crippen LogP contribution in [0.5, 0.6) is 0 Å². The van der Waals surface area contributed by atoms with Crippen LogP contribution in [0.4, 0.5) is 0 Å². The molecule has 3 rings (SSSR count). The van der Waals surface area contributed by atoms with Gasteiger partial charge in [0, 0.05) is 31.5 Å². The number of benzene rings is 1. The molecule has 0 saturated heterocycles. The van der Waals surface area contributed by atoms with Crippen molar-refractivity contribution in [3.8, 4) is 0 Å². The Morgan fingerprint density at radius 1 is 1.33 bits per heavy atom. The van der Waals surface area contributed by atoms with Gasteiger partial charge in [0.15, 0.2) is 0 Å². The second-order valence-electron chi connectivity index (χ2n) is 5.44. The second kappa shape index (κ2) is 5.90. The number of carbonyl (C=O) groups is 1. The standard InChI is InChI=1S/C16H18ClN3O/c1-19-11-18-14-8-9-20(10-15(14)19)16(21)7-4-12-2-5-13(17)6-3-12/h2-3,5-6,11H,4,7-10H2,1H3. The molecule has 0 saturated carbocycles. The zero-order chi connectivity index (χ0) is 14.8. The number of fused-ring (bicyclic) bond motifs is 1. The molecule has 0 fully saturated rings. The molecule has 0 bridgehead atoms. The van der Waals surface area contributed by atoms with Gasteiger partial charge in [-0.1, -0.05) is 23.7 Å². The van der Waals surface area contributed by atoms with E-state index < -0.39 is 0 Å². The first kappa shape index (κ1) is 14.1. The first-order valence-corrected chi connectivity index (χ1v) is 7.52. The number of hydrogen-bond donors (Lipinski definition) is 0. The zero-order valence-electron chi connectivity index (χ0n) is 12.1. The number of aromatic nitrogens is 2. The summed E-state index contributed by atoms with van der Waals surface area (Å²) in [6, 6.07) is 7.68. The van der Waals surface area contributed by atoms with Crippen LogP contribution in [0.25, 0.3) is 0 Å². The van der Waals surface area contributed by atoms with Crippen LogP contribution < -0.4 is 0 Å². The van der Waals surface area contributed by atoms with E-state index in [4.69, 9.17) is 11.6 Å². The third kappa shape index (κ3) is 3.10. The summed E-state index contributed by atoms with van der Waals surface area (Å²) in [5.41, 5.74) is 3.42. The Bertz CT molecular complexity index is 648. The van der Waals surface area contributed by atoms with Crippen molar-refractivity contribution in [1.82, 2.24) is 14.5 Å². The van der Waals surface area contributed by atoms with Gasteiger partial charge in [-0.25, -0.2) is 4.98 Å². The average Bonchev–Trinajstić information content (AvgIpc) is 2.87. The second-order valence-corrected chi connectivity index (χ2v) is 5.88. The summed E-state index contributed by atoms with van der Waals surface area (Å²) < 4.78 is 2.01. The van der Waals surface area contributed by atoms with Gasteiger partial charge in [-0.05, 0) is 24.1 Å².